The number of hydrogen-bond acceptors (Lipinski definition) is 3. The maximum absolute atomic E-state index is 11.4. The van der Waals surface area contributed by atoms with Gasteiger partial charge in [-0.1, -0.05) is 30.7 Å². The lowest BCUT2D eigenvalue weighted by Gasteiger charge is -2.39. The first kappa shape index (κ1) is 16.8. The molecule has 0 aromatic heterocycles. The molecule has 0 fully saturated rings. The lowest BCUT2D eigenvalue weighted by molar-refractivity contribution is -0.384. The molecular formula is C19H21ClN2O2. The average Bonchev–Trinajstić information content (AvgIpc) is 2.49. The van der Waals surface area contributed by atoms with Crippen molar-refractivity contribution in [3.63, 3.8) is 0 Å². The van der Waals surface area contributed by atoms with Crippen molar-refractivity contribution in [1.29, 1.82) is 0 Å². The molecule has 0 radical (unpaired) electrons. The topological polar surface area (TPSA) is 55.2 Å². The SMILES string of the molecule is Cc1cc(-c2ccccc2[N+](=O)[O-])c(Cl)c2c1NC(C)(C)CC2C. The van der Waals surface area contributed by atoms with Gasteiger partial charge in [-0.3, -0.25) is 10.1 Å². The van der Waals surface area contributed by atoms with Crippen LogP contribution >= 0.6 is 11.6 Å². The van der Waals surface area contributed by atoms with Gasteiger partial charge in [0.25, 0.3) is 5.69 Å². The Morgan fingerprint density at radius 3 is 2.62 bits per heavy atom. The summed E-state index contributed by atoms with van der Waals surface area (Å²) in [4.78, 5) is 11.0. The smallest absolute Gasteiger partial charge is 0.277 e. The number of para-hydroxylation sites is 1. The summed E-state index contributed by atoms with van der Waals surface area (Å²) in [6, 6.07) is 8.71. The lowest BCUT2D eigenvalue weighted by Crippen LogP contribution is -2.37. The standard InChI is InChI=1S/C19H21ClN2O2/c1-11-9-14(13-7-5-6-8-15(13)22(23)24)17(20)16-12(2)10-19(3,4)21-18(11)16/h5-9,12,21H,10H2,1-4H3. The number of anilines is 1. The molecule has 1 aliphatic heterocycles. The van der Waals surface area contributed by atoms with Crippen LogP contribution in [-0.2, 0) is 0 Å². The van der Waals surface area contributed by atoms with Crippen LogP contribution in [0.25, 0.3) is 11.1 Å². The molecule has 4 nitrogen and oxygen atoms in total. The van der Waals surface area contributed by atoms with Gasteiger partial charge in [-0.25, -0.2) is 0 Å². The van der Waals surface area contributed by atoms with Crippen LogP contribution in [0.5, 0.6) is 0 Å². The third-order valence-electron chi connectivity index (χ3n) is 4.66. The van der Waals surface area contributed by atoms with Gasteiger partial charge in [-0.15, -0.1) is 0 Å². The van der Waals surface area contributed by atoms with E-state index < -0.39 is 0 Å². The van der Waals surface area contributed by atoms with Crippen LogP contribution in [0.3, 0.4) is 0 Å². The van der Waals surface area contributed by atoms with Gasteiger partial charge in [0, 0.05) is 22.9 Å². The zero-order chi connectivity index (χ0) is 17.6. The molecule has 2 aromatic carbocycles. The molecule has 0 saturated carbocycles. The van der Waals surface area contributed by atoms with Crippen LogP contribution < -0.4 is 5.32 Å². The first-order valence-electron chi connectivity index (χ1n) is 8.06. The molecule has 0 aliphatic carbocycles. The van der Waals surface area contributed by atoms with Gasteiger partial charge < -0.3 is 5.32 Å². The Labute approximate surface area is 147 Å². The third kappa shape index (κ3) is 2.75. The largest absolute Gasteiger partial charge is 0.380 e. The zero-order valence-electron chi connectivity index (χ0n) is 14.3. The number of aryl methyl sites for hydroxylation is 1. The number of halogens is 1. The number of hydrogen-bond donors (Lipinski definition) is 1. The number of nitrogens with zero attached hydrogens (tertiary/aromatic N) is 1. The average molecular weight is 345 g/mol. The number of nitro benzene ring substituents is 1. The second-order valence-electron chi connectivity index (χ2n) is 7.23. The molecule has 1 N–H and O–H groups in total. The van der Waals surface area contributed by atoms with Crippen molar-refractivity contribution in [2.24, 2.45) is 0 Å². The second-order valence-corrected chi connectivity index (χ2v) is 7.61. The van der Waals surface area contributed by atoms with E-state index in [0.717, 1.165) is 28.8 Å². The van der Waals surface area contributed by atoms with Crippen LogP contribution in [0.15, 0.2) is 30.3 Å². The molecule has 2 aromatic rings. The van der Waals surface area contributed by atoms with Gasteiger partial charge >= 0.3 is 0 Å². The highest BCUT2D eigenvalue weighted by atomic mass is 35.5. The van der Waals surface area contributed by atoms with Crippen molar-refractivity contribution in [3.05, 3.63) is 56.6 Å². The van der Waals surface area contributed by atoms with Crippen molar-refractivity contribution in [2.75, 3.05) is 5.32 Å². The Balaban J connectivity index is 2.26. The van der Waals surface area contributed by atoms with Crippen LogP contribution in [0.1, 0.15) is 44.2 Å². The van der Waals surface area contributed by atoms with E-state index in [9.17, 15) is 10.1 Å². The molecule has 1 heterocycles. The van der Waals surface area contributed by atoms with Gasteiger partial charge in [0.15, 0.2) is 0 Å². The molecular weight excluding hydrogens is 324 g/mol. The van der Waals surface area contributed by atoms with Gasteiger partial charge in [-0.05, 0) is 56.4 Å². The van der Waals surface area contributed by atoms with Gasteiger partial charge in [0.2, 0.25) is 0 Å². The van der Waals surface area contributed by atoms with E-state index in [-0.39, 0.29) is 22.1 Å². The molecule has 24 heavy (non-hydrogen) atoms. The highest BCUT2D eigenvalue weighted by molar-refractivity contribution is 6.35. The number of benzene rings is 2. The predicted octanol–water partition coefficient (Wildman–Crippen LogP) is 5.92. The molecule has 5 heteroatoms. The summed E-state index contributed by atoms with van der Waals surface area (Å²) in [7, 11) is 0. The van der Waals surface area contributed by atoms with Crippen LogP contribution in [-0.4, -0.2) is 10.5 Å². The predicted molar refractivity (Wildman–Crippen MR) is 99.0 cm³/mol. The van der Waals surface area contributed by atoms with Crippen molar-refractivity contribution in [3.8, 4) is 11.1 Å². The molecule has 1 aliphatic rings. The first-order valence-corrected chi connectivity index (χ1v) is 8.44. The van der Waals surface area contributed by atoms with Crippen molar-refractivity contribution in [1.82, 2.24) is 0 Å². The summed E-state index contributed by atoms with van der Waals surface area (Å²) >= 11 is 6.74. The fourth-order valence-corrected chi connectivity index (χ4v) is 4.20. The molecule has 126 valence electrons. The van der Waals surface area contributed by atoms with Crippen molar-refractivity contribution in [2.45, 2.75) is 45.6 Å². The summed E-state index contributed by atoms with van der Waals surface area (Å²) in [5.41, 5.74) is 4.55. The summed E-state index contributed by atoms with van der Waals surface area (Å²) in [6.45, 7) is 8.54. The van der Waals surface area contributed by atoms with E-state index in [1.54, 1.807) is 18.2 Å². The van der Waals surface area contributed by atoms with Gasteiger partial charge in [-0.2, -0.15) is 0 Å². The summed E-state index contributed by atoms with van der Waals surface area (Å²) in [6.07, 6.45) is 0.958. The Morgan fingerprint density at radius 2 is 1.96 bits per heavy atom. The zero-order valence-corrected chi connectivity index (χ0v) is 15.1. The Bertz CT molecular complexity index is 830. The van der Waals surface area contributed by atoms with E-state index in [4.69, 9.17) is 11.6 Å². The highest BCUT2D eigenvalue weighted by Crippen LogP contribution is 2.48. The van der Waals surface area contributed by atoms with Crippen LogP contribution in [0, 0.1) is 17.0 Å². The molecule has 0 saturated heterocycles. The minimum Gasteiger partial charge on any atom is -0.380 e. The Morgan fingerprint density at radius 1 is 1.29 bits per heavy atom. The number of rotatable bonds is 2. The maximum atomic E-state index is 11.4. The van der Waals surface area contributed by atoms with E-state index >= 15 is 0 Å². The molecule has 3 rings (SSSR count). The number of fused-ring (bicyclic) bond motifs is 1. The van der Waals surface area contributed by atoms with Crippen LogP contribution in [0.4, 0.5) is 11.4 Å². The molecule has 0 spiro atoms. The molecule has 1 atom stereocenters. The third-order valence-corrected chi connectivity index (χ3v) is 5.07. The minimum absolute atomic E-state index is 0.000760. The van der Waals surface area contributed by atoms with Crippen LogP contribution in [0.2, 0.25) is 5.02 Å². The molecule has 1 unspecified atom stereocenters. The fraction of sp³-hybridized carbons (Fsp3) is 0.368. The summed E-state index contributed by atoms with van der Waals surface area (Å²) in [5, 5.41) is 15.6. The number of nitrogens with one attached hydrogen (secondary N) is 1. The second kappa shape index (κ2) is 5.78. The number of nitro groups is 1. The minimum atomic E-state index is -0.356. The van der Waals surface area contributed by atoms with Crippen molar-refractivity contribution >= 4 is 23.0 Å². The summed E-state index contributed by atoms with van der Waals surface area (Å²) in [5.74, 6) is 0.283. The van der Waals surface area contributed by atoms with Gasteiger partial charge in [0.05, 0.1) is 15.5 Å². The quantitative estimate of drug-likeness (QED) is 0.543. The Kier molecular flexibility index (Phi) is 4.04. The monoisotopic (exact) mass is 344 g/mol. The molecule has 0 amide bonds. The lowest BCUT2D eigenvalue weighted by atomic mass is 9.79. The Hall–Kier alpha value is -2.07. The highest BCUT2D eigenvalue weighted by Gasteiger charge is 2.33. The van der Waals surface area contributed by atoms with E-state index in [0.29, 0.717) is 10.6 Å². The van der Waals surface area contributed by atoms with E-state index in [2.05, 4.69) is 26.1 Å². The van der Waals surface area contributed by atoms with E-state index in [1.165, 1.54) is 6.07 Å². The normalized spacial score (nSPS) is 18.6. The van der Waals surface area contributed by atoms with E-state index in [1.807, 2.05) is 13.0 Å². The molecule has 0 bridgehead atoms. The van der Waals surface area contributed by atoms with Gasteiger partial charge in [0.1, 0.15) is 0 Å². The fourth-order valence-electron chi connectivity index (χ4n) is 3.76. The van der Waals surface area contributed by atoms with Crippen molar-refractivity contribution < 1.29 is 4.92 Å². The maximum Gasteiger partial charge on any atom is 0.277 e. The summed E-state index contributed by atoms with van der Waals surface area (Å²) < 4.78 is 0. The first-order chi connectivity index (χ1) is 11.2.